The SMILES string of the molecule is Fc1ccc(Cl)c(CN(C2CCOCC2)[C@H]2CCCNC2)c1. The van der Waals surface area contributed by atoms with E-state index in [4.69, 9.17) is 16.3 Å². The number of halogens is 2. The summed E-state index contributed by atoms with van der Waals surface area (Å²) in [5.41, 5.74) is 0.888. The predicted octanol–water partition coefficient (Wildman–Crippen LogP) is 3.21. The maximum atomic E-state index is 13.6. The molecule has 1 atom stereocenters. The Balaban J connectivity index is 1.78. The van der Waals surface area contributed by atoms with Crippen LogP contribution in [0.5, 0.6) is 0 Å². The molecule has 5 heteroatoms. The second kappa shape index (κ2) is 7.73. The molecule has 122 valence electrons. The molecule has 2 fully saturated rings. The van der Waals surface area contributed by atoms with Crippen molar-refractivity contribution in [2.24, 2.45) is 0 Å². The number of nitrogens with zero attached hydrogens (tertiary/aromatic N) is 1. The van der Waals surface area contributed by atoms with Gasteiger partial charge in [0.1, 0.15) is 5.82 Å². The summed E-state index contributed by atoms with van der Waals surface area (Å²) in [5.74, 6) is -0.215. The number of ether oxygens (including phenoxy) is 1. The van der Waals surface area contributed by atoms with Crippen LogP contribution in [-0.2, 0) is 11.3 Å². The van der Waals surface area contributed by atoms with Crippen molar-refractivity contribution in [2.45, 2.75) is 44.3 Å². The van der Waals surface area contributed by atoms with Crippen LogP contribution < -0.4 is 5.32 Å². The first-order valence-corrected chi connectivity index (χ1v) is 8.60. The van der Waals surface area contributed by atoms with Gasteiger partial charge in [-0.3, -0.25) is 4.90 Å². The quantitative estimate of drug-likeness (QED) is 0.919. The third-order valence-electron chi connectivity index (χ3n) is 4.76. The van der Waals surface area contributed by atoms with E-state index < -0.39 is 0 Å². The Hall–Kier alpha value is -0.680. The van der Waals surface area contributed by atoms with E-state index in [-0.39, 0.29) is 5.82 Å². The largest absolute Gasteiger partial charge is 0.381 e. The van der Waals surface area contributed by atoms with Gasteiger partial charge in [0.25, 0.3) is 0 Å². The van der Waals surface area contributed by atoms with Crippen molar-refractivity contribution in [2.75, 3.05) is 26.3 Å². The van der Waals surface area contributed by atoms with Crippen molar-refractivity contribution in [3.05, 3.63) is 34.6 Å². The van der Waals surface area contributed by atoms with E-state index in [2.05, 4.69) is 10.2 Å². The van der Waals surface area contributed by atoms with Crippen LogP contribution in [0, 0.1) is 5.82 Å². The molecule has 2 saturated heterocycles. The molecule has 1 aromatic rings. The lowest BCUT2D eigenvalue weighted by Crippen LogP contribution is -2.51. The maximum absolute atomic E-state index is 13.6. The van der Waals surface area contributed by atoms with Gasteiger partial charge < -0.3 is 10.1 Å². The summed E-state index contributed by atoms with van der Waals surface area (Å²) in [6.07, 6.45) is 4.48. The predicted molar refractivity (Wildman–Crippen MR) is 86.7 cm³/mol. The fraction of sp³-hybridized carbons (Fsp3) is 0.647. The zero-order valence-corrected chi connectivity index (χ0v) is 13.6. The fourth-order valence-corrected chi connectivity index (χ4v) is 3.73. The van der Waals surface area contributed by atoms with Crippen LogP contribution in [0.4, 0.5) is 4.39 Å². The van der Waals surface area contributed by atoms with Gasteiger partial charge in [-0.05, 0) is 56.0 Å². The van der Waals surface area contributed by atoms with E-state index in [0.717, 1.165) is 44.7 Å². The van der Waals surface area contributed by atoms with E-state index in [1.807, 2.05) is 0 Å². The molecule has 0 spiro atoms. The monoisotopic (exact) mass is 326 g/mol. The van der Waals surface area contributed by atoms with Gasteiger partial charge in [-0.1, -0.05) is 11.6 Å². The van der Waals surface area contributed by atoms with E-state index in [9.17, 15) is 4.39 Å². The minimum absolute atomic E-state index is 0.215. The Labute approximate surface area is 136 Å². The Bertz CT molecular complexity index is 470. The Kier molecular flexibility index (Phi) is 5.69. The van der Waals surface area contributed by atoms with E-state index >= 15 is 0 Å². The van der Waals surface area contributed by atoms with Crippen LogP contribution in [0.1, 0.15) is 31.2 Å². The fourth-order valence-electron chi connectivity index (χ4n) is 3.55. The van der Waals surface area contributed by atoms with Gasteiger partial charge in [0, 0.05) is 43.4 Å². The maximum Gasteiger partial charge on any atom is 0.123 e. The first kappa shape index (κ1) is 16.2. The molecule has 0 aliphatic carbocycles. The topological polar surface area (TPSA) is 24.5 Å². The molecule has 3 nitrogen and oxygen atoms in total. The average molecular weight is 327 g/mol. The normalized spacial score (nSPS) is 23.9. The van der Waals surface area contributed by atoms with Gasteiger partial charge in [0.2, 0.25) is 0 Å². The molecule has 2 heterocycles. The average Bonchev–Trinajstić information content (AvgIpc) is 2.57. The molecule has 0 bridgehead atoms. The van der Waals surface area contributed by atoms with Crippen molar-refractivity contribution in [1.29, 1.82) is 0 Å². The summed E-state index contributed by atoms with van der Waals surface area (Å²) in [6.45, 7) is 4.45. The second-order valence-corrected chi connectivity index (χ2v) is 6.66. The molecule has 1 N–H and O–H groups in total. The van der Waals surface area contributed by atoms with E-state index in [1.54, 1.807) is 12.1 Å². The first-order valence-electron chi connectivity index (χ1n) is 8.22. The number of benzene rings is 1. The lowest BCUT2D eigenvalue weighted by atomic mass is 9.98. The van der Waals surface area contributed by atoms with Gasteiger partial charge in [-0.2, -0.15) is 0 Å². The lowest BCUT2D eigenvalue weighted by molar-refractivity contribution is 0.00766. The summed E-state index contributed by atoms with van der Waals surface area (Å²) >= 11 is 6.28. The number of hydrogen-bond donors (Lipinski definition) is 1. The Morgan fingerprint density at radius 2 is 2.05 bits per heavy atom. The van der Waals surface area contributed by atoms with Crippen LogP contribution in [0.3, 0.4) is 0 Å². The molecule has 2 aliphatic heterocycles. The van der Waals surface area contributed by atoms with Crippen LogP contribution in [-0.4, -0.2) is 43.3 Å². The Morgan fingerprint density at radius 3 is 2.77 bits per heavy atom. The third-order valence-corrected chi connectivity index (χ3v) is 5.13. The highest BCUT2D eigenvalue weighted by Crippen LogP contribution is 2.26. The Morgan fingerprint density at radius 1 is 1.23 bits per heavy atom. The van der Waals surface area contributed by atoms with Gasteiger partial charge in [-0.15, -0.1) is 0 Å². The molecule has 22 heavy (non-hydrogen) atoms. The van der Waals surface area contributed by atoms with Crippen molar-refractivity contribution >= 4 is 11.6 Å². The number of hydrogen-bond acceptors (Lipinski definition) is 3. The molecule has 0 amide bonds. The summed E-state index contributed by atoms with van der Waals surface area (Å²) in [5, 5.41) is 4.14. The molecular weight excluding hydrogens is 303 g/mol. The van der Waals surface area contributed by atoms with Crippen LogP contribution in [0.15, 0.2) is 18.2 Å². The van der Waals surface area contributed by atoms with Gasteiger partial charge in [0.15, 0.2) is 0 Å². The van der Waals surface area contributed by atoms with Crippen molar-refractivity contribution in [1.82, 2.24) is 10.2 Å². The zero-order chi connectivity index (χ0) is 15.4. The van der Waals surface area contributed by atoms with Gasteiger partial charge in [-0.25, -0.2) is 4.39 Å². The van der Waals surface area contributed by atoms with Crippen LogP contribution in [0.25, 0.3) is 0 Å². The second-order valence-electron chi connectivity index (χ2n) is 6.25. The van der Waals surface area contributed by atoms with Crippen molar-refractivity contribution in [3.63, 3.8) is 0 Å². The molecule has 2 aliphatic rings. The number of rotatable bonds is 4. The van der Waals surface area contributed by atoms with Crippen molar-refractivity contribution < 1.29 is 9.13 Å². The highest BCUT2D eigenvalue weighted by Gasteiger charge is 2.29. The van der Waals surface area contributed by atoms with Crippen LogP contribution >= 0.6 is 11.6 Å². The summed E-state index contributed by atoms with van der Waals surface area (Å²) in [4.78, 5) is 2.52. The van der Waals surface area contributed by atoms with Gasteiger partial charge >= 0.3 is 0 Å². The summed E-state index contributed by atoms with van der Waals surface area (Å²) < 4.78 is 19.1. The molecular formula is C17H24ClFN2O. The van der Waals surface area contributed by atoms with Gasteiger partial charge in [0.05, 0.1) is 0 Å². The highest BCUT2D eigenvalue weighted by atomic mass is 35.5. The zero-order valence-electron chi connectivity index (χ0n) is 12.9. The molecule has 1 aromatic carbocycles. The van der Waals surface area contributed by atoms with Crippen molar-refractivity contribution in [3.8, 4) is 0 Å². The molecule has 0 aromatic heterocycles. The number of nitrogens with one attached hydrogen (secondary N) is 1. The summed E-state index contributed by atoms with van der Waals surface area (Å²) in [7, 11) is 0. The molecule has 3 rings (SSSR count). The third kappa shape index (κ3) is 3.99. The van der Waals surface area contributed by atoms with Crippen LogP contribution in [0.2, 0.25) is 5.02 Å². The molecule has 0 saturated carbocycles. The summed E-state index contributed by atoms with van der Waals surface area (Å²) in [6, 6.07) is 5.65. The lowest BCUT2D eigenvalue weighted by Gasteiger charge is -2.42. The van der Waals surface area contributed by atoms with E-state index in [1.165, 1.54) is 18.9 Å². The minimum atomic E-state index is -0.215. The molecule has 0 radical (unpaired) electrons. The minimum Gasteiger partial charge on any atom is -0.381 e. The first-order chi connectivity index (χ1) is 10.7. The highest BCUT2D eigenvalue weighted by molar-refractivity contribution is 6.31. The van der Waals surface area contributed by atoms with E-state index in [0.29, 0.717) is 23.7 Å². The number of piperidine rings is 1. The standard InChI is InChI=1S/C17H24ClFN2O/c18-17-4-3-14(19)10-13(17)12-21(15-5-8-22-9-6-15)16-2-1-7-20-11-16/h3-4,10,15-16,20H,1-2,5-9,11-12H2/t16-/m0/s1. The smallest absolute Gasteiger partial charge is 0.123 e. The molecule has 0 unspecified atom stereocenters.